The molecule has 6 nitrogen and oxygen atoms in total. The summed E-state index contributed by atoms with van der Waals surface area (Å²) in [5.74, 6) is -0.408. The molecule has 2 N–H and O–H groups in total. The van der Waals surface area contributed by atoms with Crippen LogP contribution in [0.5, 0.6) is 0 Å². The van der Waals surface area contributed by atoms with Crippen LogP contribution < -0.4 is 15.5 Å². The van der Waals surface area contributed by atoms with E-state index in [-0.39, 0.29) is 17.7 Å². The van der Waals surface area contributed by atoms with E-state index < -0.39 is 0 Å². The van der Waals surface area contributed by atoms with E-state index in [1.54, 1.807) is 29.2 Å². The maximum atomic E-state index is 12.7. The highest BCUT2D eigenvalue weighted by atomic mass is 79.9. The summed E-state index contributed by atoms with van der Waals surface area (Å²) in [7, 11) is 0. The molecule has 1 aliphatic heterocycles. The molecule has 0 saturated heterocycles. The van der Waals surface area contributed by atoms with E-state index in [9.17, 15) is 14.4 Å². The highest BCUT2D eigenvalue weighted by Gasteiger charge is 2.24. The molecule has 0 bridgehead atoms. The molecule has 0 fully saturated rings. The molecule has 0 radical (unpaired) electrons. The second-order valence-corrected chi connectivity index (χ2v) is 7.23. The normalized spacial score (nSPS) is 12.5. The van der Waals surface area contributed by atoms with Gasteiger partial charge in [-0.2, -0.15) is 0 Å². The first-order valence-electron chi connectivity index (χ1n) is 8.71. The van der Waals surface area contributed by atoms with Gasteiger partial charge in [-0.3, -0.25) is 14.4 Å². The minimum atomic E-state index is -0.275. The molecule has 7 heteroatoms. The van der Waals surface area contributed by atoms with Gasteiger partial charge in [0, 0.05) is 35.6 Å². The van der Waals surface area contributed by atoms with Crippen LogP contribution in [0, 0.1) is 0 Å². The van der Waals surface area contributed by atoms with Crippen molar-refractivity contribution in [1.29, 1.82) is 0 Å². The van der Waals surface area contributed by atoms with Crippen molar-refractivity contribution < 1.29 is 14.4 Å². The lowest BCUT2D eigenvalue weighted by Crippen LogP contribution is -2.27. The summed E-state index contributed by atoms with van der Waals surface area (Å²) >= 11 is 3.37. The smallest absolute Gasteiger partial charge is 0.255 e. The van der Waals surface area contributed by atoms with Gasteiger partial charge in [-0.25, -0.2) is 0 Å². The molecule has 27 heavy (non-hydrogen) atoms. The quantitative estimate of drug-likeness (QED) is 0.771. The molecule has 1 heterocycles. The first-order chi connectivity index (χ1) is 12.9. The zero-order chi connectivity index (χ0) is 19.6. The number of carbonyl (C=O) groups excluding carboxylic acids is 3. The Morgan fingerprint density at radius 3 is 2.56 bits per heavy atom. The Labute approximate surface area is 166 Å². The number of nitrogens with zero attached hydrogens (tertiary/aromatic N) is 1. The number of hydrogen-bond acceptors (Lipinski definition) is 3. The van der Waals surface area contributed by atoms with Crippen LogP contribution in [0.2, 0.25) is 0 Å². The minimum absolute atomic E-state index is 0.0834. The van der Waals surface area contributed by atoms with E-state index in [1.807, 2.05) is 19.1 Å². The van der Waals surface area contributed by atoms with Gasteiger partial charge >= 0.3 is 0 Å². The van der Waals surface area contributed by atoms with Crippen LogP contribution in [0.15, 0.2) is 40.9 Å². The number of nitrogens with one attached hydrogen (secondary N) is 2. The van der Waals surface area contributed by atoms with Crippen molar-refractivity contribution >= 4 is 50.7 Å². The molecule has 0 aliphatic carbocycles. The number of rotatable bonds is 4. The first-order valence-corrected chi connectivity index (χ1v) is 9.50. The average molecular weight is 430 g/mol. The van der Waals surface area contributed by atoms with Crippen molar-refractivity contribution in [3.8, 4) is 0 Å². The summed E-state index contributed by atoms with van der Waals surface area (Å²) in [6, 6.07) is 10.6. The van der Waals surface area contributed by atoms with Gasteiger partial charge in [0.1, 0.15) is 0 Å². The van der Waals surface area contributed by atoms with Gasteiger partial charge in [0.15, 0.2) is 0 Å². The second kappa shape index (κ2) is 7.92. The van der Waals surface area contributed by atoms with Gasteiger partial charge in [-0.1, -0.05) is 22.9 Å². The van der Waals surface area contributed by atoms with Crippen molar-refractivity contribution in [3.05, 3.63) is 52.0 Å². The SMILES string of the molecule is CCC(=O)N1CCc2cc(C(=O)Nc3cc(Br)ccc3NC(C)=O)ccc21. The maximum absolute atomic E-state index is 12.7. The van der Waals surface area contributed by atoms with E-state index in [1.165, 1.54) is 6.92 Å². The number of amides is 3. The van der Waals surface area contributed by atoms with Crippen molar-refractivity contribution in [2.75, 3.05) is 22.1 Å². The lowest BCUT2D eigenvalue weighted by molar-refractivity contribution is -0.118. The van der Waals surface area contributed by atoms with Crippen molar-refractivity contribution in [3.63, 3.8) is 0 Å². The third kappa shape index (κ3) is 4.19. The predicted octanol–water partition coefficient (Wildman–Crippen LogP) is 3.96. The predicted molar refractivity (Wildman–Crippen MR) is 109 cm³/mol. The Kier molecular flexibility index (Phi) is 5.60. The van der Waals surface area contributed by atoms with Crippen LogP contribution in [0.25, 0.3) is 0 Å². The summed E-state index contributed by atoms with van der Waals surface area (Å²) in [5.41, 5.74) is 3.40. The average Bonchev–Trinajstić information content (AvgIpc) is 3.06. The second-order valence-electron chi connectivity index (χ2n) is 6.32. The summed E-state index contributed by atoms with van der Waals surface area (Å²) in [4.78, 5) is 37.9. The fraction of sp³-hybridized carbons (Fsp3) is 0.250. The van der Waals surface area contributed by atoms with E-state index >= 15 is 0 Å². The molecule has 0 atom stereocenters. The van der Waals surface area contributed by atoms with Gasteiger partial charge in [-0.15, -0.1) is 0 Å². The molecular formula is C20H20BrN3O3. The third-order valence-corrected chi connectivity index (χ3v) is 4.87. The molecule has 2 aromatic carbocycles. The molecule has 0 unspecified atom stereocenters. The highest BCUT2D eigenvalue weighted by molar-refractivity contribution is 9.10. The summed E-state index contributed by atoms with van der Waals surface area (Å²) < 4.78 is 0.787. The van der Waals surface area contributed by atoms with Crippen molar-refractivity contribution in [1.82, 2.24) is 0 Å². The molecule has 140 valence electrons. The van der Waals surface area contributed by atoms with Crippen molar-refractivity contribution in [2.45, 2.75) is 26.7 Å². The monoisotopic (exact) mass is 429 g/mol. The fourth-order valence-electron chi connectivity index (χ4n) is 3.11. The Morgan fingerprint density at radius 2 is 1.85 bits per heavy atom. The number of fused-ring (bicyclic) bond motifs is 1. The summed E-state index contributed by atoms with van der Waals surface area (Å²) in [5, 5.41) is 5.55. The van der Waals surface area contributed by atoms with Crippen LogP contribution in [0.1, 0.15) is 36.2 Å². The van der Waals surface area contributed by atoms with Gasteiger partial charge in [0.25, 0.3) is 5.91 Å². The largest absolute Gasteiger partial charge is 0.325 e. The number of benzene rings is 2. The van der Waals surface area contributed by atoms with Crippen LogP contribution >= 0.6 is 15.9 Å². The number of halogens is 1. The lowest BCUT2D eigenvalue weighted by atomic mass is 10.1. The molecule has 2 aromatic rings. The third-order valence-electron chi connectivity index (χ3n) is 4.38. The van der Waals surface area contributed by atoms with Crippen LogP contribution in [0.4, 0.5) is 17.1 Å². The topological polar surface area (TPSA) is 78.5 Å². The summed E-state index contributed by atoms with van der Waals surface area (Å²) in [6.45, 7) is 3.90. The van der Waals surface area contributed by atoms with Crippen LogP contribution in [-0.4, -0.2) is 24.3 Å². The molecule has 0 aromatic heterocycles. The van der Waals surface area contributed by atoms with E-state index in [4.69, 9.17) is 0 Å². The zero-order valence-corrected chi connectivity index (χ0v) is 16.7. The molecule has 3 rings (SSSR count). The summed E-state index contributed by atoms with van der Waals surface area (Å²) in [6.07, 6.45) is 1.19. The van der Waals surface area contributed by atoms with Gasteiger partial charge in [-0.05, 0) is 48.4 Å². The molecule has 3 amide bonds. The number of anilines is 3. The van der Waals surface area contributed by atoms with Crippen LogP contribution in [-0.2, 0) is 16.0 Å². The minimum Gasteiger partial charge on any atom is -0.325 e. The van der Waals surface area contributed by atoms with Gasteiger partial charge < -0.3 is 15.5 Å². The fourth-order valence-corrected chi connectivity index (χ4v) is 3.47. The standard InChI is InChI=1S/C20H20BrN3O3/c1-3-19(26)24-9-8-13-10-14(4-7-18(13)24)20(27)23-17-11-15(21)5-6-16(17)22-12(2)25/h4-7,10-11H,3,8-9H2,1-2H3,(H,22,25)(H,23,27). The molecule has 0 spiro atoms. The van der Waals surface area contributed by atoms with Crippen molar-refractivity contribution in [2.24, 2.45) is 0 Å². The maximum Gasteiger partial charge on any atom is 0.255 e. The van der Waals surface area contributed by atoms with E-state index in [0.29, 0.717) is 29.9 Å². The Balaban J connectivity index is 1.83. The lowest BCUT2D eigenvalue weighted by Gasteiger charge is -2.16. The Morgan fingerprint density at radius 1 is 1.07 bits per heavy atom. The first kappa shape index (κ1) is 19.1. The van der Waals surface area contributed by atoms with Crippen LogP contribution in [0.3, 0.4) is 0 Å². The van der Waals surface area contributed by atoms with E-state index in [0.717, 1.165) is 22.1 Å². The van der Waals surface area contributed by atoms with Gasteiger partial charge in [0.2, 0.25) is 11.8 Å². The number of carbonyl (C=O) groups is 3. The molecule has 0 saturated carbocycles. The van der Waals surface area contributed by atoms with Gasteiger partial charge in [0.05, 0.1) is 11.4 Å². The Bertz CT molecular complexity index is 927. The highest BCUT2D eigenvalue weighted by Crippen LogP contribution is 2.31. The Hall–Kier alpha value is -2.67. The zero-order valence-electron chi connectivity index (χ0n) is 15.1. The molecule has 1 aliphatic rings. The molecular weight excluding hydrogens is 410 g/mol. The van der Waals surface area contributed by atoms with E-state index in [2.05, 4.69) is 26.6 Å². The number of hydrogen-bond donors (Lipinski definition) is 2.